The van der Waals surface area contributed by atoms with Crippen molar-refractivity contribution in [1.29, 1.82) is 0 Å². The lowest BCUT2D eigenvalue weighted by atomic mass is 9.96. The lowest BCUT2D eigenvalue weighted by Crippen LogP contribution is -2.18. The molecule has 162 valence electrons. The average molecular weight is 455 g/mol. The van der Waals surface area contributed by atoms with Crippen LogP contribution in [0.4, 0.5) is 23.2 Å². The number of benzene rings is 2. The molecule has 5 nitrogen and oxygen atoms in total. The third-order valence-electron chi connectivity index (χ3n) is 4.41. The molecule has 0 saturated carbocycles. The summed E-state index contributed by atoms with van der Waals surface area (Å²) in [4.78, 5) is 26.6. The van der Waals surface area contributed by atoms with Gasteiger partial charge in [-0.15, -0.1) is 0 Å². The molecule has 0 spiro atoms. The van der Waals surface area contributed by atoms with E-state index < -0.39 is 34.0 Å². The summed E-state index contributed by atoms with van der Waals surface area (Å²) in [5.41, 5.74) is -1.22. The molecule has 0 bridgehead atoms. The smallest absolute Gasteiger partial charge is 0.417 e. The molecule has 2 N–H and O–H groups in total. The molecule has 3 aromatic rings. The molecule has 0 saturated heterocycles. The van der Waals surface area contributed by atoms with Crippen molar-refractivity contribution in [2.45, 2.75) is 12.6 Å². The van der Waals surface area contributed by atoms with E-state index in [1.54, 1.807) is 0 Å². The normalized spacial score (nSPS) is 11.3. The van der Waals surface area contributed by atoms with Crippen LogP contribution >= 0.6 is 11.6 Å². The molecule has 31 heavy (non-hydrogen) atoms. The molecule has 0 aliphatic rings. The number of hydrogen-bond donors (Lipinski definition) is 2. The molecule has 10 heteroatoms. The number of methoxy groups -OCH3 is 1. The number of alkyl halides is 3. The first kappa shape index (κ1) is 22.4. The van der Waals surface area contributed by atoms with Crippen molar-refractivity contribution < 1.29 is 27.1 Å². The summed E-state index contributed by atoms with van der Waals surface area (Å²) >= 11 is 5.81. The van der Waals surface area contributed by atoms with Crippen molar-refractivity contribution in [3.8, 4) is 5.75 Å². The Morgan fingerprint density at radius 2 is 1.87 bits per heavy atom. The molecule has 3 rings (SSSR count). The van der Waals surface area contributed by atoms with E-state index in [1.165, 1.54) is 25.4 Å². The van der Waals surface area contributed by atoms with Gasteiger partial charge in [-0.2, -0.15) is 13.2 Å². The van der Waals surface area contributed by atoms with E-state index in [1.807, 2.05) is 0 Å². The number of hydrogen-bond acceptors (Lipinski definition) is 3. The van der Waals surface area contributed by atoms with Gasteiger partial charge in [0.05, 0.1) is 17.7 Å². The van der Waals surface area contributed by atoms with Crippen molar-refractivity contribution in [3.63, 3.8) is 0 Å². The summed E-state index contributed by atoms with van der Waals surface area (Å²) in [6, 6.07) is 7.80. The van der Waals surface area contributed by atoms with Crippen LogP contribution in [-0.4, -0.2) is 18.0 Å². The number of anilines is 1. The lowest BCUT2D eigenvalue weighted by molar-refractivity contribution is -0.137. The predicted octanol–water partition coefficient (Wildman–Crippen LogP) is 5.04. The van der Waals surface area contributed by atoms with Gasteiger partial charge in [-0.3, -0.25) is 9.59 Å². The van der Waals surface area contributed by atoms with Gasteiger partial charge in [0.2, 0.25) is 5.56 Å². The minimum atomic E-state index is -4.75. The van der Waals surface area contributed by atoms with Gasteiger partial charge in [-0.1, -0.05) is 17.7 Å². The van der Waals surface area contributed by atoms with E-state index >= 15 is 0 Å². The number of carbonyl (C=O) groups is 1. The highest BCUT2D eigenvalue weighted by Gasteiger charge is 2.34. The summed E-state index contributed by atoms with van der Waals surface area (Å²) < 4.78 is 58.8. The number of rotatable bonds is 5. The molecule has 1 heterocycles. The average Bonchev–Trinajstić information content (AvgIpc) is 2.69. The van der Waals surface area contributed by atoms with Crippen molar-refractivity contribution in [1.82, 2.24) is 4.98 Å². The Kier molecular flexibility index (Phi) is 6.35. The van der Waals surface area contributed by atoms with Gasteiger partial charge in [-0.05, 0) is 35.4 Å². The Balaban J connectivity index is 2.08. The van der Waals surface area contributed by atoms with E-state index in [0.717, 1.165) is 30.3 Å². The molecule has 1 aromatic heterocycles. The predicted molar refractivity (Wildman–Crippen MR) is 107 cm³/mol. The fourth-order valence-corrected chi connectivity index (χ4v) is 3.25. The molecule has 0 aliphatic heterocycles. The second kappa shape index (κ2) is 8.81. The van der Waals surface area contributed by atoms with E-state index in [0.29, 0.717) is 5.56 Å². The van der Waals surface area contributed by atoms with Gasteiger partial charge in [-0.25, -0.2) is 4.39 Å². The third kappa shape index (κ3) is 5.24. The number of ether oxygens (including phenoxy) is 1. The zero-order chi connectivity index (χ0) is 22.8. The van der Waals surface area contributed by atoms with Crippen LogP contribution in [0.3, 0.4) is 0 Å². The molecule has 0 aliphatic carbocycles. The molecule has 2 aromatic carbocycles. The van der Waals surface area contributed by atoms with Crippen LogP contribution in [0.2, 0.25) is 5.02 Å². The third-order valence-corrected chi connectivity index (χ3v) is 4.72. The number of nitrogens with one attached hydrogen (secondary N) is 2. The zero-order valence-corrected chi connectivity index (χ0v) is 16.7. The summed E-state index contributed by atoms with van der Waals surface area (Å²) in [6.07, 6.45) is -3.61. The monoisotopic (exact) mass is 454 g/mol. The molecule has 0 atom stereocenters. The van der Waals surface area contributed by atoms with Crippen molar-refractivity contribution >= 4 is 23.2 Å². The fraction of sp³-hybridized carbons (Fsp3) is 0.143. The quantitative estimate of drug-likeness (QED) is 0.531. The first-order valence-corrected chi connectivity index (χ1v) is 9.18. The summed E-state index contributed by atoms with van der Waals surface area (Å²) in [6.45, 7) is 0. The summed E-state index contributed by atoms with van der Waals surface area (Å²) in [5, 5.41) is 1.80. The van der Waals surface area contributed by atoms with Gasteiger partial charge < -0.3 is 15.0 Å². The van der Waals surface area contributed by atoms with Gasteiger partial charge >= 0.3 is 6.18 Å². The SMILES string of the molecule is COc1cc(F)ccc1Cc1cc(C(F)(F)F)c(Cl)cc1C(=O)Nc1cc[nH]c(=O)c1. The van der Waals surface area contributed by atoms with Gasteiger partial charge in [0.25, 0.3) is 5.91 Å². The summed E-state index contributed by atoms with van der Waals surface area (Å²) in [5.74, 6) is -1.23. The van der Waals surface area contributed by atoms with Crippen molar-refractivity contribution in [3.05, 3.63) is 92.1 Å². The van der Waals surface area contributed by atoms with Crippen LogP contribution in [0.1, 0.15) is 27.0 Å². The molecular weight excluding hydrogens is 440 g/mol. The highest BCUT2D eigenvalue weighted by atomic mass is 35.5. The number of halogens is 5. The zero-order valence-electron chi connectivity index (χ0n) is 15.9. The number of carbonyl (C=O) groups excluding carboxylic acids is 1. The van der Waals surface area contributed by atoms with Crippen molar-refractivity contribution in [2.75, 3.05) is 12.4 Å². The Morgan fingerprint density at radius 1 is 1.13 bits per heavy atom. The minimum Gasteiger partial charge on any atom is -0.496 e. The molecule has 1 amide bonds. The van der Waals surface area contributed by atoms with Crippen LogP contribution in [-0.2, 0) is 12.6 Å². The van der Waals surface area contributed by atoms with E-state index in [9.17, 15) is 27.2 Å². The second-order valence-electron chi connectivity index (χ2n) is 6.52. The standard InChI is InChI=1S/C21H15ClF4N2O3/c1-31-18-8-13(23)3-2-11(18)6-12-7-16(21(24,25)26)17(22)10-15(12)20(30)28-14-4-5-27-19(29)9-14/h2-5,7-10H,6H2,1H3,(H2,27,28,29,30). The van der Waals surface area contributed by atoms with Crippen LogP contribution < -0.4 is 15.6 Å². The Labute approximate surface area is 178 Å². The van der Waals surface area contributed by atoms with E-state index in [4.69, 9.17) is 16.3 Å². The van der Waals surface area contributed by atoms with E-state index in [-0.39, 0.29) is 29.0 Å². The summed E-state index contributed by atoms with van der Waals surface area (Å²) in [7, 11) is 1.29. The minimum absolute atomic E-state index is 0.0102. The maximum atomic E-state index is 13.5. The highest BCUT2D eigenvalue weighted by Crippen LogP contribution is 2.37. The maximum Gasteiger partial charge on any atom is 0.417 e. The van der Waals surface area contributed by atoms with Gasteiger partial charge in [0, 0.05) is 36.0 Å². The van der Waals surface area contributed by atoms with Crippen LogP contribution in [0, 0.1) is 5.82 Å². The molecule has 0 unspecified atom stereocenters. The highest BCUT2D eigenvalue weighted by molar-refractivity contribution is 6.32. The molecule has 0 radical (unpaired) electrons. The number of aromatic nitrogens is 1. The van der Waals surface area contributed by atoms with Gasteiger partial charge in [0.15, 0.2) is 0 Å². The number of pyridine rings is 1. The number of aromatic amines is 1. The first-order valence-electron chi connectivity index (χ1n) is 8.80. The van der Waals surface area contributed by atoms with Crippen LogP contribution in [0.25, 0.3) is 0 Å². The molecule has 0 fully saturated rings. The molecular formula is C21H15ClF4N2O3. The second-order valence-corrected chi connectivity index (χ2v) is 6.92. The van der Waals surface area contributed by atoms with Crippen molar-refractivity contribution in [2.24, 2.45) is 0 Å². The Bertz CT molecular complexity index is 1190. The Morgan fingerprint density at radius 3 is 2.52 bits per heavy atom. The van der Waals surface area contributed by atoms with E-state index in [2.05, 4.69) is 10.3 Å². The van der Waals surface area contributed by atoms with Gasteiger partial charge in [0.1, 0.15) is 11.6 Å². The lowest BCUT2D eigenvalue weighted by Gasteiger charge is -2.17. The van der Waals surface area contributed by atoms with Crippen LogP contribution in [0.5, 0.6) is 5.75 Å². The largest absolute Gasteiger partial charge is 0.496 e. The first-order chi connectivity index (χ1) is 14.6. The topological polar surface area (TPSA) is 71.2 Å². The Hall–Kier alpha value is -3.33. The maximum absolute atomic E-state index is 13.5. The van der Waals surface area contributed by atoms with Crippen LogP contribution in [0.15, 0.2) is 53.5 Å². The number of amides is 1. The number of H-pyrrole nitrogens is 1. The fourth-order valence-electron chi connectivity index (χ4n) is 2.98.